The SMILES string of the molecule is C=C/C=C(\C=CCC)C1OCC2OC(C(/C=C\C)=C/CC)OC(C(O)CO)C2O1. The van der Waals surface area contributed by atoms with E-state index in [-0.39, 0.29) is 6.61 Å². The lowest BCUT2D eigenvalue weighted by molar-refractivity contribution is -0.353. The highest BCUT2D eigenvalue weighted by Crippen LogP contribution is 2.33. The number of hydrogen-bond donors (Lipinski definition) is 2. The maximum absolute atomic E-state index is 10.4. The first-order valence-electron chi connectivity index (χ1n) is 10.3. The summed E-state index contributed by atoms with van der Waals surface area (Å²) in [4.78, 5) is 0. The predicted octanol–water partition coefficient (Wildman–Crippen LogP) is 3.18. The van der Waals surface area contributed by atoms with Crippen molar-refractivity contribution in [2.24, 2.45) is 0 Å². The molecule has 0 amide bonds. The zero-order valence-corrected chi connectivity index (χ0v) is 17.6. The second kappa shape index (κ2) is 12.2. The van der Waals surface area contributed by atoms with E-state index < -0.39 is 43.6 Å². The van der Waals surface area contributed by atoms with Crippen LogP contribution in [0.5, 0.6) is 0 Å². The van der Waals surface area contributed by atoms with E-state index in [0.29, 0.717) is 0 Å². The molecule has 2 fully saturated rings. The summed E-state index contributed by atoms with van der Waals surface area (Å²) in [6.07, 6.45) is 10.9. The smallest absolute Gasteiger partial charge is 0.184 e. The molecule has 0 radical (unpaired) electrons. The van der Waals surface area contributed by atoms with Crippen LogP contribution in [0.4, 0.5) is 0 Å². The topological polar surface area (TPSA) is 77.4 Å². The van der Waals surface area contributed by atoms with E-state index >= 15 is 0 Å². The molecular formula is C23H34O6. The summed E-state index contributed by atoms with van der Waals surface area (Å²) in [6, 6.07) is 0. The minimum atomic E-state index is -1.10. The van der Waals surface area contributed by atoms with Gasteiger partial charge in [0.1, 0.15) is 24.4 Å². The Morgan fingerprint density at radius 3 is 2.52 bits per heavy atom. The van der Waals surface area contributed by atoms with Crippen LogP contribution in [0, 0.1) is 0 Å². The number of allylic oxidation sites excluding steroid dienone is 5. The summed E-state index contributed by atoms with van der Waals surface area (Å²) in [5.41, 5.74) is 1.68. The van der Waals surface area contributed by atoms with Crippen LogP contribution in [0.3, 0.4) is 0 Å². The molecule has 6 heteroatoms. The second-order valence-corrected chi connectivity index (χ2v) is 6.95. The molecule has 0 aromatic heterocycles. The zero-order chi connectivity index (χ0) is 21.2. The Bertz CT molecular complexity index is 635. The Labute approximate surface area is 173 Å². The number of aliphatic hydroxyl groups is 2. The van der Waals surface area contributed by atoms with Gasteiger partial charge in [-0.25, -0.2) is 0 Å². The molecule has 2 rings (SSSR count). The minimum absolute atomic E-state index is 0.285. The van der Waals surface area contributed by atoms with Crippen molar-refractivity contribution in [2.75, 3.05) is 13.2 Å². The molecule has 0 aromatic rings. The third kappa shape index (κ3) is 6.22. The van der Waals surface area contributed by atoms with Gasteiger partial charge in [0, 0.05) is 11.1 Å². The highest BCUT2D eigenvalue weighted by atomic mass is 16.8. The Kier molecular flexibility index (Phi) is 10.0. The van der Waals surface area contributed by atoms with Gasteiger partial charge in [0.25, 0.3) is 0 Å². The van der Waals surface area contributed by atoms with E-state index in [1.54, 1.807) is 6.08 Å². The van der Waals surface area contributed by atoms with Gasteiger partial charge >= 0.3 is 0 Å². The molecule has 29 heavy (non-hydrogen) atoms. The summed E-state index contributed by atoms with van der Waals surface area (Å²) < 4.78 is 24.2. The molecule has 2 aliphatic rings. The largest absolute Gasteiger partial charge is 0.394 e. The second-order valence-electron chi connectivity index (χ2n) is 6.95. The maximum Gasteiger partial charge on any atom is 0.184 e. The molecular weight excluding hydrogens is 372 g/mol. The van der Waals surface area contributed by atoms with Crippen LogP contribution in [0.15, 0.2) is 60.3 Å². The van der Waals surface area contributed by atoms with E-state index in [4.69, 9.17) is 18.9 Å². The number of aliphatic hydroxyl groups excluding tert-OH is 2. The van der Waals surface area contributed by atoms with E-state index in [2.05, 4.69) is 6.58 Å². The third-order valence-corrected chi connectivity index (χ3v) is 4.73. The van der Waals surface area contributed by atoms with Crippen molar-refractivity contribution < 1.29 is 29.2 Å². The number of fused-ring (bicyclic) bond motifs is 1. The normalized spacial score (nSPS) is 32.5. The van der Waals surface area contributed by atoms with Crippen LogP contribution in [0.2, 0.25) is 0 Å². The quantitative estimate of drug-likeness (QED) is 0.573. The van der Waals surface area contributed by atoms with Crippen LogP contribution in [-0.4, -0.2) is 60.4 Å². The van der Waals surface area contributed by atoms with E-state index in [0.717, 1.165) is 24.0 Å². The summed E-state index contributed by atoms with van der Waals surface area (Å²) in [6.45, 7) is 9.60. The molecule has 6 nitrogen and oxygen atoms in total. The lowest BCUT2D eigenvalue weighted by atomic mass is 9.99. The summed E-state index contributed by atoms with van der Waals surface area (Å²) in [7, 11) is 0. The molecule has 2 saturated heterocycles. The molecule has 0 aromatic carbocycles. The molecule has 2 aliphatic heterocycles. The van der Waals surface area contributed by atoms with Crippen molar-refractivity contribution in [3.8, 4) is 0 Å². The first-order chi connectivity index (χ1) is 14.1. The molecule has 6 atom stereocenters. The van der Waals surface area contributed by atoms with Crippen LogP contribution < -0.4 is 0 Å². The van der Waals surface area contributed by atoms with Crippen molar-refractivity contribution in [1.29, 1.82) is 0 Å². The van der Waals surface area contributed by atoms with Gasteiger partial charge in [0.05, 0.1) is 13.2 Å². The van der Waals surface area contributed by atoms with E-state index in [9.17, 15) is 10.2 Å². The van der Waals surface area contributed by atoms with Gasteiger partial charge < -0.3 is 29.2 Å². The molecule has 162 valence electrons. The van der Waals surface area contributed by atoms with Crippen LogP contribution in [-0.2, 0) is 18.9 Å². The van der Waals surface area contributed by atoms with Gasteiger partial charge in [-0.05, 0) is 19.8 Å². The monoisotopic (exact) mass is 406 g/mol. The number of ether oxygens (including phenoxy) is 4. The fraction of sp³-hybridized carbons (Fsp3) is 0.565. The first kappa shape index (κ1) is 23.7. The van der Waals surface area contributed by atoms with Gasteiger partial charge in [-0.15, -0.1) is 0 Å². The van der Waals surface area contributed by atoms with E-state index in [1.165, 1.54) is 0 Å². The third-order valence-electron chi connectivity index (χ3n) is 4.73. The Balaban J connectivity index is 2.26. The van der Waals surface area contributed by atoms with Crippen molar-refractivity contribution in [1.82, 2.24) is 0 Å². The lowest BCUT2D eigenvalue weighted by Gasteiger charge is -2.47. The molecule has 2 heterocycles. The average Bonchev–Trinajstić information content (AvgIpc) is 2.74. The van der Waals surface area contributed by atoms with E-state index in [1.807, 2.05) is 57.2 Å². The van der Waals surface area contributed by atoms with Crippen molar-refractivity contribution in [3.05, 3.63) is 60.3 Å². The van der Waals surface area contributed by atoms with Crippen molar-refractivity contribution in [3.63, 3.8) is 0 Å². The van der Waals surface area contributed by atoms with Gasteiger partial charge in [0.2, 0.25) is 0 Å². The van der Waals surface area contributed by atoms with Gasteiger partial charge in [-0.2, -0.15) is 0 Å². The van der Waals surface area contributed by atoms with Gasteiger partial charge in [0.15, 0.2) is 12.6 Å². The maximum atomic E-state index is 10.4. The fourth-order valence-electron chi connectivity index (χ4n) is 3.38. The highest BCUT2D eigenvalue weighted by Gasteiger charge is 2.48. The molecule has 2 N–H and O–H groups in total. The molecule has 0 aliphatic carbocycles. The fourth-order valence-corrected chi connectivity index (χ4v) is 3.38. The van der Waals surface area contributed by atoms with Crippen molar-refractivity contribution >= 4 is 0 Å². The van der Waals surface area contributed by atoms with Crippen LogP contribution in [0.1, 0.15) is 33.6 Å². The van der Waals surface area contributed by atoms with Gasteiger partial charge in [-0.1, -0.05) is 63.0 Å². The molecule has 0 spiro atoms. The summed E-state index contributed by atoms with van der Waals surface area (Å²) in [5, 5.41) is 20.0. The average molecular weight is 407 g/mol. The first-order valence-corrected chi connectivity index (χ1v) is 10.3. The summed E-state index contributed by atoms with van der Waals surface area (Å²) in [5.74, 6) is 0. The van der Waals surface area contributed by atoms with Gasteiger partial charge in [-0.3, -0.25) is 0 Å². The minimum Gasteiger partial charge on any atom is -0.394 e. The highest BCUT2D eigenvalue weighted by molar-refractivity contribution is 5.26. The Morgan fingerprint density at radius 2 is 1.90 bits per heavy atom. The molecule has 6 unspecified atom stereocenters. The number of hydrogen-bond acceptors (Lipinski definition) is 6. The van der Waals surface area contributed by atoms with Crippen LogP contribution >= 0.6 is 0 Å². The summed E-state index contributed by atoms with van der Waals surface area (Å²) >= 11 is 0. The lowest BCUT2D eigenvalue weighted by Crippen LogP contribution is -2.61. The molecule has 0 saturated carbocycles. The predicted molar refractivity (Wildman–Crippen MR) is 112 cm³/mol. The standard InChI is InChI=1S/C23H34O6/c1-5-9-13-17(12-8-4)22-26-15-19-21(29-22)20(18(25)14-24)28-23(27-19)16(10-6-2)11-7-3/h6,8-13,18-25H,4-5,7,14-15H2,1-3H3/b10-6-,13-9?,16-11+,17-12+. The zero-order valence-electron chi connectivity index (χ0n) is 17.6. The Morgan fingerprint density at radius 1 is 1.10 bits per heavy atom. The van der Waals surface area contributed by atoms with Crippen molar-refractivity contribution in [2.45, 2.75) is 70.6 Å². The Hall–Kier alpha value is -1.54. The molecule has 0 bridgehead atoms. The number of rotatable bonds is 9. The van der Waals surface area contributed by atoms with Crippen LogP contribution in [0.25, 0.3) is 0 Å².